The van der Waals surface area contributed by atoms with Gasteiger partial charge in [0.15, 0.2) is 0 Å². The molecule has 102 valence electrons. The molecule has 0 radical (unpaired) electrons. The molecule has 0 aliphatic rings. The van der Waals surface area contributed by atoms with Crippen molar-refractivity contribution in [3.8, 4) is 0 Å². The first kappa shape index (κ1) is 13.9. The Morgan fingerprint density at radius 2 is 1.50 bits per heavy atom. The van der Waals surface area contributed by atoms with Crippen molar-refractivity contribution in [1.29, 1.82) is 0 Å². The van der Waals surface area contributed by atoms with Crippen LogP contribution >= 0.6 is 0 Å². The van der Waals surface area contributed by atoms with E-state index in [9.17, 15) is 13.6 Å². The molecule has 2 nitrogen and oxygen atoms in total. The fourth-order valence-electron chi connectivity index (χ4n) is 1.58. The number of carbonyl (C=O) groups excluding carboxylic acids is 1. The largest absolute Gasteiger partial charge is 0.343 e. The zero-order valence-corrected chi connectivity index (χ0v) is 10.6. The van der Waals surface area contributed by atoms with E-state index in [2.05, 4.69) is 5.32 Å². The molecule has 0 heterocycles. The third-order valence-corrected chi connectivity index (χ3v) is 2.62. The average Bonchev–Trinajstić information content (AvgIpc) is 2.47. The van der Waals surface area contributed by atoms with Gasteiger partial charge in [-0.25, -0.2) is 0 Å². The first-order valence-electron chi connectivity index (χ1n) is 6.06. The fourth-order valence-corrected chi connectivity index (χ4v) is 1.58. The van der Waals surface area contributed by atoms with Gasteiger partial charge >= 0.3 is 5.92 Å². The van der Waals surface area contributed by atoms with Crippen LogP contribution in [0.1, 0.15) is 5.56 Å². The van der Waals surface area contributed by atoms with Gasteiger partial charge in [0.05, 0.1) is 0 Å². The second kappa shape index (κ2) is 6.10. The summed E-state index contributed by atoms with van der Waals surface area (Å²) in [6.07, 6.45) is 1.82. The Bertz CT molecular complexity index is 594. The highest BCUT2D eigenvalue weighted by Gasteiger charge is 2.35. The molecule has 0 saturated heterocycles. The van der Waals surface area contributed by atoms with Crippen LogP contribution in [0.4, 0.5) is 14.5 Å². The van der Waals surface area contributed by atoms with Crippen molar-refractivity contribution in [1.82, 2.24) is 0 Å². The van der Waals surface area contributed by atoms with E-state index < -0.39 is 11.8 Å². The minimum atomic E-state index is -3.56. The number of anilines is 1. The van der Waals surface area contributed by atoms with Crippen molar-refractivity contribution in [2.24, 2.45) is 0 Å². The van der Waals surface area contributed by atoms with E-state index in [0.717, 1.165) is 0 Å². The van der Waals surface area contributed by atoms with Crippen molar-refractivity contribution in [2.45, 2.75) is 5.92 Å². The van der Waals surface area contributed by atoms with E-state index >= 15 is 0 Å². The van der Waals surface area contributed by atoms with E-state index in [4.69, 9.17) is 0 Å². The quantitative estimate of drug-likeness (QED) is 0.897. The lowest BCUT2D eigenvalue weighted by molar-refractivity contribution is -0.133. The Morgan fingerprint density at radius 3 is 2.10 bits per heavy atom. The molecule has 2 aromatic carbocycles. The van der Waals surface area contributed by atoms with Gasteiger partial charge in [-0.2, -0.15) is 8.78 Å². The lowest BCUT2D eigenvalue weighted by Gasteiger charge is -2.12. The molecule has 0 aliphatic heterocycles. The molecule has 0 bridgehead atoms. The highest BCUT2D eigenvalue weighted by Crippen LogP contribution is 2.20. The minimum absolute atomic E-state index is 0.338. The summed E-state index contributed by atoms with van der Waals surface area (Å²) < 4.78 is 27.4. The molecule has 0 fully saturated rings. The predicted molar refractivity (Wildman–Crippen MR) is 75.5 cm³/mol. The van der Waals surface area contributed by atoms with Crippen LogP contribution in [-0.2, 0) is 4.79 Å². The van der Waals surface area contributed by atoms with Crippen molar-refractivity contribution in [3.63, 3.8) is 0 Å². The summed E-state index contributed by atoms with van der Waals surface area (Å²) in [7, 11) is 0. The number of alkyl halides is 2. The Hall–Kier alpha value is -2.49. The summed E-state index contributed by atoms with van der Waals surface area (Å²) in [6.45, 7) is 0. The van der Waals surface area contributed by atoms with Gasteiger partial charge in [0.1, 0.15) is 0 Å². The number of para-hydroxylation sites is 1. The van der Waals surface area contributed by atoms with Gasteiger partial charge in [-0.15, -0.1) is 0 Å². The molecular weight excluding hydrogens is 260 g/mol. The van der Waals surface area contributed by atoms with E-state index in [1.54, 1.807) is 60.7 Å². The van der Waals surface area contributed by atoms with Crippen LogP contribution in [-0.4, -0.2) is 11.8 Å². The summed E-state index contributed by atoms with van der Waals surface area (Å²) in [5.74, 6) is -4.91. The second-order valence-corrected chi connectivity index (χ2v) is 4.19. The maximum Gasteiger partial charge on any atom is 0.343 e. The number of benzene rings is 2. The molecule has 2 rings (SSSR count). The minimum Gasteiger partial charge on any atom is -0.321 e. The molecule has 0 atom stereocenters. The number of rotatable bonds is 4. The number of hydrogen-bond donors (Lipinski definition) is 1. The topological polar surface area (TPSA) is 29.1 Å². The number of halogens is 2. The van der Waals surface area contributed by atoms with Crippen molar-refractivity contribution in [3.05, 3.63) is 72.3 Å². The molecule has 2 aromatic rings. The summed E-state index contributed by atoms with van der Waals surface area (Å²) in [5, 5.41) is 2.18. The molecule has 20 heavy (non-hydrogen) atoms. The van der Waals surface area contributed by atoms with Crippen LogP contribution in [0.2, 0.25) is 0 Å². The van der Waals surface area contributed by atoms with Crippen LogP contribution in [0.3, 0.4) is 0 Å². The normalized spacial score (nSPS) is 11.5. The highest BCUT2D eigenvalue weighted by molar-refractivity contribution is 5.97. The van der Waals surface area contributed by atoms with Crippen LogP contribution in [0.5, 0.6) is 0 Å². The summed E-state index contributed by atoms with van der Waals surface area (Å²) in [6, 6.07) is 16.8. The van der Waals surface area contributed by atoms with Gasteiger partial charge in [0, 0.05) is 5.69 Å². The van der Waals surface area contributed by atoms with Gasteiger partial charge < -0.3 is 5.32 Å². The molecule has 1 N–H and O–H groups in total. The van der Waals surface area contributed by atoms with E-state index in [-0.39, 0.29) is 0 Å². The first-order chi connectivity index (χ1) is 9.58. The summed E-state index contributed by atoms with van der Waals surface area (Å²) >= 11 is 0. The highest BCUT2D eigenvalue weighted by atomic mass is 19.3. The van der Waals surface area contributed by atoms with Crippen molar-refractivity contribution in [2.75, 3.05) is 5.32 Å². The zero-order chi connectivity index (χ0) is 14.4. The van der Waals surface area contributed by atoms with Crippen LogP contribution in [0.25, 0.3) is 6.08 Å². The number of nitrogens with one attached hydrogen (secondary N) is 1. The Labute approximate surface area is 115 Å². The number of amides is 1. The van der Waals surface area contributed by atoms with Gasteiger partial charge in [-0.3, -0.25) is 4.79 Å². The fraction of sp³-hybridized carbons (Fsp3) is 0.0625. The third-order valence-electron chi connectivity index (χ3n) is 2.62. The third kappa shape index (κ3) is 3.75. The molecule has 0 saturated carbocycles. The monoisotopic (exact) mass is 273 g/mol. The van der Waals surface area contributed by atoms with Gasteiger partial charge in [0.25, 0.3) is 5.91 Å². The van der Waals surface area contributed by atoms with E-state index in [1.165, 1.54) is 6.08 Å². The lowest BCUT2D eigenvalue weighted by atomic mass is 10.1. The van der Waals surface area contributed by atoms with Crippen molar-refractivity contribution < 1.29 is 13.6 Å². The molecular formula is C16H13F2NO. The molecule has 0 aromatic heterocycles. The predicted octanol–water partition coefficient (Wildman–Crippen LogP) is 3.97. The maximum absolute atomic E-state index is 13.7. The Balaban J connectivity index is 2.06. The molecule has 1 amide bonds. The number of carbonyl (C=O) groups is 1. The van der Waals surface area contributed by atoms with Crippen LogP contribution in [0, 0.1) is 0 Å². The molecule has 0 unspecified atom stereocenters. The van der Waals surface area contributed by atoms with E-state index in [1.807, 2.05) is 0 Å². The smallest absolute Gasteiger partial charge is 0.321 e. The van der Waals surface area contributed by atoms with Gasteiger partial charge in [0.2, 0.25) is 0 Å². The lowest BCUT2D eigenvalue weighted by Crippen LogP contribution is -2.32. The number of hydrogen-bond acceptors (Lipinski definition) is 1. The van der Waals surface area contributed by atoms with Crippen molar-refractivity contribution >= 4 is 17.7 Å². The van der Waals surface area contributed by atoms with Crippen LogP contribution in [0.15, 0.2) is 66.7 Å². The average molecular weight is 273 g/mol. The Kier molecular flexibility index (Phi) is 4.25. The standard InChI is InChI=1S/C16H13F2NO/c17-16(18,12-11-13-7-3-1-4-8-13)15(20)19-14-9-5-2-6-10-14/h1-12H,(H,19,20)/b12-11+. The second-order valence-electron chi connectivity index (χ2n) is 4.19. The summed E-state index contributed by atoms with van der Waals surface area (Å²) in [5.41, 5.74) is 0.949. The maximum atomic E-state index is 13.7. The van der Waals surface area contributed by atoms with Crippen LogP contribution < -0.4 is 5.32 Å². The first-order valence-corrected chi connectivity index (χ1v) is 6.06. The zero-order valence-electron chi connectivity index (χ0n) is 10.6. The molecule has 0 aliphatic carbocycles. The Morgan fingerprint density at radius 1 is 0.950 bits per heavy atom. The van der Waals surface area contributed by atoms with E-state index in [0.29, 0.717) is 17.3 Å². The molecule has 0 spiro atoms. The van der Waals surface area contributed by atoms with Gasteiger partial charge in [-0.1, -0.05) is 54.6 Å². The summed E-state index contributed by atoms with van der Waals surface area (Å²) in [4.78, 5) is 11.5. The SMILES string of the molecule is O=C(Nc1ccccc1)C(F)(F)/C=C/c1ccccc1. The van der Waals surface area contributed by atoms with Gasteiger partial charge in [-0.05, 0) is 23.8 Å². The molecule has 4 heteroatoms.